The number of nitrogens with two attached hydrogens (primary N) is 1. The zero-order chi connectivity index (χ0) is 19.2. The van der Waals surface area contributed by atoms with Gasteiger partial charge in [-0.05, 0) is 44.5 Å². The predicted molar refractivity (Wildman–Crippen MR) is 108 cm³/mol. The van der Waals surface area contributed by atoms with E-state index in [1.807, 2.05) is 24.3 Å². The number of carbonyl (C=O) groups excluding carboxylic acids is 1. The molecule has 0 radical (unpaired) electrons. The number of hydrogen-bond acceptors (Lipinski definition) is 5. The summed E-state index contributed by atoms with van der Waals surface area (Å²) in [7, 11) is 0. The first kappa shape index (κ1) is 19.6. The summed E-state index contributed by atoms with van der Waals surface area (Å²) < 4.78 is 0. The lowest BCUT2D eigenvalue weighted by molar-refractivity contribution is 0.0932. The number of hydrogen-bond donors (Lipinski definition) is 2. The van der Waals surface area contributed by atoms with Crippen LogP contribution in [0.4, 0.5) is 5.95 Å². The average molecular weight is 388 g/mol. The largest absolute Gasteiger partial charge is 0.368 e. The van der Waals surface area contributed by atoms with Gasteiger partial charge in [-0.2, -0.15) is 0 Å². The first-order chi connectivity index (χ1) is 13.1. The summed E-state index contributed by atoms with van der Waals surface area (Å²) in [5, 5.41) is 3.77. The highest BCUT2D eigenvalue weighted by molar-refractivity contribution is 6.31. The molecule has 1 aromatic heterocycles. The molecule has 1 saturated heterocycles. The fourth-order valence-electron chi connectivity index (χ4n) is 3.58. The molecule has 144 valence electrons. The fraction of sp³-hybridized carbons (Fsp3) is 0.450. The molecule has 6 nitrogen and oxygen atoms in total. The van der Waals surface area contributed by atoms with Crippen LogP contribution in [0.3, 0.4) is 0 Å². The predicted octanol–water partition coefficient (Wildman–Crippen LogP) is 3.37. The first-order valence-corrected chi connectivity index (χ1v) is 9.80. The Morgan fingerprint density at radius 2 is 1.96 bits per heavy atom. The van der Waals surface area contributed by atoms with E-state index in [1.54, 1.807) is 6.92 Å². The van der Waals surface area contributed by atoms with Gasteiger partial charge in [-0.25, -0.2) is 9.97 Å². The van der Waals surface area contributed by atoms with E-state index in [4.69, 9.17) is 17.3 Å². The van der Waals surface area contributed by atoms with Crippen molar-refractivity contribution in [3.05, 3.63) is 52.3 Å². The topological polar surface area (TPSA) is 84.1 Å². The lowest BCUT2D eigenvalue weighted by atomic mass is 10.0. The number of nitrogens with one attached hydrogen (secondary N) is 1. The van der Waals surface area contributed by atoms with Gasteiger partial charge in [0, 0.05) is 17.8 Å². The quantitative estimate of drug-likeness (QED) is 0.821. The van der Waals surface area contributed by atoms with Gasteiger partial charge in [-0.3, -0.25) is 9.69 Å². The maximum absolute atomic E-state index is 12.7. The molecular formula is C20H26ClN5O. The number of rotatable bonds is 5. The Balaban J connectivity index is 1.78. The fourth-order valence-corrected chi connectivity index (χ4v) is 3.84. The molecule has 1 unspecified atom stereocenters. The van der Waals surface area contributed by atoms with Gasteiger partial charge in [-0.1, -0.05) is 42.6 Å². The third kappa shape index (κ3) is 4.96. The molecule has 3 N–H and O–H groups in total. The third-order valence-electron chi connectivity index (χ3n) is 5.04. The Labute approximate surface area is 165 Å². The summed E-state index contributed by atoms with van der Waals surface area (Å²) in [6.45, 7) is 4.26. The van der Waals surface area contributed by atoms with Crippen LogP contribution in [-0.4, -0.2) is 40.4 Å². The van der Waals surface area contributed by atoms with Crippen LogP contribution in [0, 0.1) is 6.92 Å². The van der Waals surface area contributed by atoms with Crippen LogP contribution in [0.15, 0.2) is 30.5 Å². The molecule has 1 aliphatic heterocycles. The molecule has 0 saturated carbocycles. The Morgan fingerprint density at radius 3 is 2.63 bits per heavy atom. The lowest BCUT2D eigenvalue weighted by Crippen LogP contribution is -2.39. The van der Waals surface area contributed by atoms with Crippen LogP contribution >= 0.6 is 11.6 Å². The first-order valence-electron chi connectivity index (χ1n) is 9.42. The zero-order valence-corrected chi connectivity index (χ0v) is 16.4. The standard InChI is InChI=1S/C20H26ClN5O/c1-14-16(12-24-20(22)25-14)19(27)23-13-18(15-8-4-5-9-17(15)21)26-10-6-2-3-7-11-26/h4-5,8-9,12,18H,2-3,6-7,10-11,13H2,1H3,(H,23,27)(H2,22,24,25). The van der Waals surface area contributed by atoms with Crippen molar-refractivity contribution in [1.29, 1.82) is 0 Å². The number of carbonyl (C=O) groups is 1. The minimum atomic E-state index is -0.195. The van der Waals surface area contributed by atoms with Crippen molar-refractivity contribution < 1.29 is 4.79 Å². The van der Waals surface area contributed by atoms with E-state index in [0.29, 0.717) is 17.8 Å². The van der Waals surface area contributed by atoms with Gasteiger partial charge < -0.3 is 11.1 Å². The van der Waals surface area contributed by atoms with Crippen LogP contribution in [0.5, 0.6) is 0 Å². The van der Waals surface area contributed by atoms with Crippen molar-refractivity contribution in [1.82, 2.24) is 20.2 Å². The maximum Gasteiger partial charge on any atom is 0.254 e. The van der Waals surface area contributed by atoms with Crippen molar-refractivity contribution >= 4 is 23.5 Å². The molecule has 3 rings (SSSR count). The van der Waals surface area contributed by atoms with E-state index < -0.39 is 0 Å². The number of aromatic nitrogens is 2. The number of benzene rings is 1. The molecule has 27 heavy (non-hydrogen) atoms. The molecule has 1 atom stereocenters. The number of halogens is 1. The molecule has 2 aromatic rings. The molecule has 7 heteroatoms. The van der Waals surface area contributed by atoms with Crippen LogP contribution in [0.2, 0.25) is 5.02 Å². The average Bonchev–Trinajstić information content (AvgIpc) is 2.92. The van der Waals surface area contributed by atoms with Crippen LogP contribution in [0.25, 0.3) is 0 Å². The molecular weight excluding hydrogens is 362 g/mol. The molecule has 0 spiro atoms. The molecule has 1 fully saturated rings. The Bertz CT molecular complexity index is 790. The third-order valence-corrected chi connectivity index (χ3v) is 5.39. The van der Waals surface area contributed by atoms with Gasteiger partial charge >= 0.3 is 0 Å². The number of nitrogens with zero attached hydrogens (tertiary/aromatic N) is 3. The Morgan fingerprint density at radius 1 is 1.26 bits per heavy atom. The maximum atomic E-state index is 12.7. The van der Waals surface area contributed by atoms with Crippen molar-refractivity contribution in [2.75, 3.05) is 25.4 Å². The number of anilines is 1. The summed E-state index contributed by atoms with van der Waals surface area (Å²) >= 11 is 6.48. The monoisotopic (exact) mass is 387 g/mol. The lowest BCUT2D eigenvalue weighted by Gasteiger charge is -2.31. The van der Waals surface area contributed by atoms with Gasteiger partial charge in [0.1, 0.15) is 0 Å². The second kappa shape index (κ2) is 9.15. The van der Waals surface area contributed by atoms with Crippen molar-refractivity contribution in [3.63, 3.8) is 0 Å². The summed E-state index contributed by atoms with van der Waals surface area (Å²) in [4.78, 5) is 23.1. The van der Waals surface area contributed by atoms with Crippen LogP contribution in [0.1, 0.15) is 53.3 Å². The number of amides is 1. The Hall–Kier alpha value is -2.18. The number of aryl methyl sites for hydroxylation is 1. The molecule has 0 aliphatic carbocycles. The van der Waals surface area contributed by atoms with E-state index >= 15 is 0 Å². The number of likely N-dealkylation sites (tertiary alicyclic amines) is 1. The molecule has 1 aromatic carbocycles. The van der Waals surface area contributed by atoms with Gasteiger partial charge in [0.2, 0.25) is 5.95 Å². The molecule has 0 bridgehead atoms. The van der Waals surface area contributed by atoms with Gasteiger partial charge in [0.15, 0.2) is 0 Å². The van der Waals surface area contributed by atoms with E-state index in [1.165, 1.54) is 31.9 Å². The summed E-state index contributed by atoms with van der Waals surface area (Å²) in [6, 6.07) is 7.91. The normalized spacial score (nSPS) is 16.5. The van der Waals surface area contributed by atoms with Crippen LogP contribution < -0.4 is 11.1 Å². The molecule has 2 heterocycles. The smallest absolute Gasteiger partial charge is 0.254 e. The highest BCUT2D eigenvalue weighted by Crippen LogP contribution is 2.29. The summed E-state index contributed by atoms with van der Waals surface area (Å²) in [5.41, 5.74) is 7.64. The van der Waals surface area contributed by atoms with Crippen molar-refractivity contribution in [2.24, 2.45) is 0 Å². The number of nitrogen functional groups attached to an aromatic ring is 1. The molecule has 1 amide bonds. The van der Waals surface area contributed by atoms with E-state index in [9.17, 15) is 4.79 Å². The zero-order valence-electron chi connectivity index (χ0n) is 15.6. The van der Waals surface area contributed by atoms with E-state index in [2.05, 4.69) is 20.2 Å². The van der Waals surface area contributed by atoms with E-state index in [-0.39, 0.29) is 17.9 Å². The SMILES string of the molecule is Cc1nc(N)ncc1C(=O)NCC(c1ccccc1Cl)N1CCCCCC1. The second-order valence-electron chi connectivity index (χ2n) is 6.92. The van der Waals surface area contributed by atoms with Crippen LogP contribution in [-0.2, 0) is 0 Å². The highest BCUT2D eigenvalue weighted by atomic mass is 35.5. The van der Waals surface area contributed by atoms with Crippen molar-refractivity contribution in [3.8, 4) is 0 Å². The summed E-state index contributed by atoms with van der Waals surface area (Å²) in [5.74, 6) is -0.0260. The molecule has 1 aliphatic rings. The minimum Gasteiger partial charge on any atom is -0.368 e. The second-order valence-corrected chi connectivity index (χ2v) is 7.33. The summed E-state index contributed by atoms with van der Waals surface area (Å²) in [6.07, 6.45) is 6.31. The van der Waals surface area contributed by atoms with Crippen molar-refractivity contribution in [2.45, 2.75) is 38.6 Å². The van der Waals surface area contributed by atoms with Gasteiger partial charge in [0.25, 0.3) is 5.91 Å². The van der Waals surface area contributed by atoms with E-state index in [0.717, 1.165) is 23.7 Å². The minimum absolute atomic E-state index is 0.0377. The Kier molecular flexibility index (Phi) is 6.63. The highest BCUT2D eigenvalue weighted by Gasteiger charge is 2.24. The van der Waals surface area contributed by atoms with Gasteiger partial charge in [-0.15, -0.1) is 0 Å². The van der Waals surface area contributed by atoms with Gasteiger partial charge in [0.05, 0.1) is 17.3 Å².